The molecule has 5 heteroatoms. The van der Waals surface area contributed by atoms with Crippen LogP contribution in [0.3, 0.4) is 0 Å². The molecule has 1 aromatic heterocycles. The van der Waals surface area contributed by atoms with Gasteiger partial charge < -0.3 is 15.7 Å². The van der Waals surface area contributed by atoms with Gasteiger partial charge in [0.25, 0.3) is 0 Å². The zero-order valence-corrected chi connectivity index (χ0v) is 10.5. The molecular weight excluding hydrogens is 228 g/mol. The number of nitrogens with one attached hydrogen (secondary N) is 2. The first-order valence-corrected chi connectivity index (χ1v) is 6.39. The Bertz CT molecular complexity index is 388. The van der Waals surface area contributed by atoms with Crippen molar-refractivity contribution >= 4 is 11.6 Å². The summed E-state index contributed by atoms with van der Waals surface area (Å²) in [6.45, 7) is 4.34. The molecule has 0 spiro atoms. The Kier molecular flexibility index (Phi) is 4.52. The molecule has 2 rings (SSSR count). The fraction of sp³-hybridized carbons (Fsp3) is 0.538. The molecule has 0 saturated heterocycles. The Morgan fingerprint density at radius 1 is 1.28 bits per heavy atom. The molecule has 1 aliphatic rings. The Morgan fingerprint density at radius 2 is 2.00 bits per heavy atom. The van der Waals surface area contributed by atoms with Crippen molar-refractivity contribution in [1.82, 2.24) is 9.97 Å². The van der Waals surface area contributed by atoms with Gasteiger partial charge in [0.2, 0.25) is 0 Å². The average molecular weight is 248 g/mol. The molecule has 0 aliphatic heterocycles. The lowest BCUT2D eigenvalue weighted by Crippen LogP contribution is -2.28. The van der Waals surface area contributed by atoms with Crippen LogP contribution >= 0.6 is 0 Å². The van der Waals surface area contributed by atoms with Crippen LogP contribution in [-0.4, -0.2) is 33.8 Å². The van der Waals surface area contributed by atoms with Crippen molar-refractivity contribution in [2.75, 3.05) is 17.2 Å². The summed E-state index contributed by atoms with van der Waals surface area (Å²) in [4.78, 5) is 8.34. The van der Waals surface area contributed by atoms with Gasteiger partial charge in [-0.25, -0.2) is 9.97 Å². The number of hydrogen-bond acceptors (Lipinski definition) is 5. The molecule has 0 atom stereocenters. The van der Waals surface area contributed by atoms with E-state index in [0.717, 1.165) is 37.3 Å². The Balaban J connectivity index is 1.90. The van der Waals surface area contributed by atoms with E-state index in [4.69, 9.17) is 0 Å². The van der Waals surface area contributed by atoms with Crippen molar-refractivity contribution in [3.63, 3.8) is 0 Å². The topological polar surface area (TPSA) is 70.1 Å². The first-order valence-electron chi connectivity index (χ1n) is 6.39. The van der Waals surface area contributed by atoms with E-state index in [9.17, 15) is 5.11 Å². The summed E-state index contributed by atoms with van der Waals surface area (Å²) in [5, 5.41) is 16.0. The molecule has 0 bridgehead atoms. The van der Waals surface area contributed by atoms with Crippen LogP contribution in [0.5, 0.6) is 0 Å². The molecule has 1 aromatic rings. The summed E-state index contributed by atoms with van der Waals surface area (Å²) in [7, 11) is 0. The number of rotatable bonds is 5. The van der Waals surface area contributed by atoms with Gasteiger partial charge >= 0.3 is 0 Å². The minimum absolute atomic E-state index is 0.127. The van der Waals surface area contributed by atoms with Crippen molar-refractivity contribution in [3.8, 4) is 0 Å². The smallest absolute Gasteiger partial charge is 0.131 e. The number of hydrogen-bond donors (Lipinski definition) is 3. The average Bonchev–Trinajstić information content (AvgIpc) is 2.40. The molecule has 0 radical (unpaired) electrons. The van der Waals surface area contributed by atoms with E-state index < -0.39 is 0 Å². The second-order valence-corrected chi connectivity index (χ2v) is 4.61. The number of nitrogens with zero attached hydrogens (tertiary/aromatic N) is 2. The highest BCUT2D eigenvalue weighted by atomic mass is 16.3. The Morgan fingerprint density at radius 3 is 2.72 bits per heavy atom. The number of aliphatic hydroxyl groups excluding tert-OH is 1. The second-order valence-electron chi connectivity index (χ2n) is 4.61. The minimum Gasteiger partial charge on any atom is -0.393 e. The van der Waals surface area contributed by atoms with Gasteiger partial charge in [-0.2, -0.15) is 0 Å². The van der Waals surface area contributed by atoms with Crippen molar-refractivity contribution in [2.45, 2.75) is 37.8 Å². The molecule has 18 heavy (non-hydrogen) atoms. The summed E-state index contributed by atoms with van der Waals surface area (Å²) in [6.07, 6.45) is 6.91. The normalized spacial score (nSPS) is 23.4. The highest BCUT2D eigenvalue weighted by Gasteiger charge is 2.19. The maximum absolute atomic E-state index is 9.46. The Labute approximate surface area is 107 Å². The lowest BCUT2D eigenvalue weighted by atomic mass is 9.93. The van der Waals surface area contributed by atoms with E-state index >= 15 is 0 Å². The van der Waals surface area contributed by atoms with Crippen LogP contribution in [0.1, 0.15) is 25.7 Å². The van der Waals surface area contributed by atoms with Gasteiger partial charge in [0.1, 0.15) is 18.0 Å². The van der Waals surface area contributed by atoms with Crippen molar-refractivity contribution in [1.29, 1.82) is 0 Å². The van der Waals surface area contributed by atoms with Crippen LogP contribution in [0, 0.1) is 0 Å². The summed E-state index contributed by atoms with van der Waals surface area (Å²) in [6, 6.07) is 2.30. The lowest BCUT2D eigenvalue weighted by Gasteiger charge is -2.26. The van der Waals surface area contributed by atoms with Crippen LogP contribution in [0.25, 0.3) is 0 Å². The van der Waals surface area contributed by atoms with E-state index in [2.05, 4.69) is 27.2 Å². The second kappa shape index (κ2) is 6.35. The standard InChI is InChI=1S/C13H20N4O/c1-2-7-14-12-8-13(16-9-15-12)17-10-3-5-11(18)6-4-10/h2,8-11,18H,1,3-7H2,(H2,14,15,16,17). The third-order valence-electron chi connectivity index (χ3n) is 3.14. The van der Waals surface area contributed by atoms with Gasteiger partial charge in [-0.1, -0.05) is 6.08 Å². The molecule has 1 fully saturated rings. The van der Waals surface area contributed by atoms with E-state index in [-0.39, 0.29) is 6.10 Å². The van der Waals surface area contributed by atoms with E-state index in [0.29, 0.717) is 12.6 Å². The van der Waals surface area contributed by atoms with Crippen molar-refractivity contribution in [3.05, 3.63) is 25.0 Å². The third-order valence-corrected chi connectivity index (χ3v) is 3.14. The third kappa shape index (κ3) is 3.70. The summed E-state index contributed by atoms with van der Waals surface area (Å²) in [5.74, 6) is 1.63. The molecule has 5 nitrogen and oxygen atoms in total. The van der Waals surface area contributed by atoms with Gasteiger partial charge in [-0.3, -0.25) is 0 Å². The first-order chi connectivity index (χ1) is 8.78. The molecule has 0 amide bonds. The number of aliphatic hydroxyl groups is 1. The zero-order valence-electron chi connectivity index (χ0n) is 10.5. The van der Waals surface area contributed by atoms with Gasteiger partial charge in [0.05, 0.1) is 6.10 Å². The summed E-state index contributed by atoms with van der Waals surface area (Å²) >= 11 is 0. The highest BCUT2D eigenvalue weighted by Crippen LogP contribution is 2.21. The molecule has 98 valence electrons. The predicted molar refractivity (Wildman–Crippen MR) is 72.6 cm³/mol. The van der Waals surface area contributed by atoms with Gasteiger partial charge in [-0.15, -0.1) is 6.58 Å². The van der Waals surface area contributed by atoms with Crippen molar-refractivity contribution < 1.29 is 5.11 Å². The lowest BCUT2D eigenvalue weighted by molar-refractivity contribution is 0.126. The molecule has 1 aliphatic carbocycles. The monoisotopic (exact) mass is 248 g/mol. The van der Waals surface area contributed by atoms with E-state index in [1.165, 1.54) is 0 Å². The largest absolute Gasteiger partial charge is 0.393 e. The summed E-state index contributed by atoms with van der Waals surface area (Å²) in [5.41, 5.74) is 0. The van der Waals surface area contributed by atoms with Gasteiger partial charge in [-0.05, 0) is 25.7 Å². The minimum atomic E-state index is -0.127. The molecule has 3 N–H and O–H groups in total. The maximum Gasteiger partial charge on any atom is 0.131 e. The maximum atomic E-state index is 9.46. The molecule has 0 aromatic carbocycles. The van der Waals surface area contributed by atoms with E-state index in [1.54, 1.807) is 12.4 Å². The van der Waals surface area contributed by atoms with Crippen LogP contribution in [0.4, 0.5) is 11.6 Å². The van der Waals surface area contributed by atoms with Gasteiger partial charge in [0.15, 0.2) is 0 Å². The molecule has 0 unspecified atom stereocenters. The zero-order chi connectivity index (χ0) is 12.8. The fourth-order valence-electron chi connectivity index (χ4n) is 2.14. The highest BCUT2D eigenvalue weighted by molar-refractivity contribution is 5.47. The molecule has 1 saturated carbocycles. The van der Waals surface area contributed by atoms with Gasteiger partial charge in [0, 0.05) is 18.7 Å². The number of aromatic nitrogens is 2. The molecular formula is C13H20N4O. The predicted octanol–water partition coefficient (Wildman–Crippen LogP) is 1.79. The van der Waals surface area contributed by atoms with Crippen LogP contribution in [0.2, 0.25) is 0 Å². The quantitative estimate of drug-likeness (QED) is 0.693. The molecule has 1 heterocycles. The first kappa shape index (κ1) is 12.8. The van der Waals surface area contributed by atoms with Crippen LogP contribution < -0.4 is 10.6 Å². The van der Waals surface area contributed by atoms with Crippen LogP contribution in [-0.2, 0) is 0 Å². The van der Waals surface area contributed by atoms with Crippen LogP contribution in [0.15, 0.2) is 25.0 Å². The SMILES string of the molecule is C=CCNc1cc(NC2CCC(O)CC2)ncn1. The number of anilines is 2. The Hall–Kier alpha value is -1.62. The van der Waals surface area contributed by atoms with E-state index in [1.807, 2.05) is 6.07 Å². The fourth-order valence-corrected chi connectivity index (χ4v) is 2.14. The van der Waals surface area contributed by atoms with Crippen molar-refractivity contribution in [2.24, 2.45) is 0 Å². The summed E-state index contributed by atoms with van der Waals surface area (Å²) < 4.78 is 0.